The molecule has 0 unspecified atom stereocenters. The topological polar surface area (TPSA) is 115 Å². The number of hydrogen-bond acceptors (Lipinski definition) is 7. The van der Waals surface area contributed by atoms with E-state index >= 15 is 0 Å². The Kier molecular flexibility index (Phi) is 4.19. The smallest absolute Gasteiger partial charge is 0.258 e. The number of benzene rings is 1. The van der Waals surface area contributed by atoms with Crippen LogP contribution >= 0.6 is 11.3 Å². The lowest BCUT2D eigenvalue weighted by molar-refractivity contribution is -0.385. The van der Waals surface area contributed by atoms with Gasteiger partial charge in [0.15, 0.2) is 0 Å². The molecule has 2 rings (SSSR count). The molecule has 0 amide bonds. The number of nitro groups is 1. The van der Waals surface area contributed by atoms with Crippen LogP contribution in [0.3, 0.4) is 0 Å². The largest absolute Gasteiger partial charge is 0.270 e. The minimum Gasteiger partial charge on any atom is -0.258 e. The molecule has 0 aliphatic carbocycles. The number of anilines is 1. The molecule has 0 fully saturated rings. The lowest BCUT2D eigenvalue weighted by atomic mass is 10.2. The van der Waals surface area contributed by atoms with E-state index < -0.39 is 14.9 Å². The molecule has 0 bridgehead atoms. The summed E-state index contributed by atoms with van der Waals surface area (Å²) in [6, 6.07) is 3.68. The number of rotatable bonds is 5. The third kappa shape index (κ3) is 3.34. The first kappa shape index (κ1) is 15.3. The van der Waals surface area contributed by atoms with Crippen molar-refractivity contribution in [1.29, 1.82) is 0 Å². The third-order valence-corrected chi connectivity index (χ3v) is 5.26. The van der Waals surface area contributed by atoms with E-state index in [0.29, 0.717) is 17.0 Å². The molecule has 10 heteroatoms. The molecular formula is C11H12N4O4S2. The number of sulfonamides is 1. The Labute approximate surface area is 125 Å². The second-order valence-electron chi connectivity index (χ2n) is 4.17. The first-order valence-electron chi connectivity index (χ1n) is 5.93. The molecule has 0 saturated carbocycles. The maximum Gasteiger partial charge on any atom is 0.270 e. The highest BCUT2D eigenvalue weighted by molar-refractivity contribution is 7.93. The Hall–Kier alpha value is -2.07. The first-order chi connectivity index (χ1) is 9.83. The van der Waals surface area contributed by atoms with Crippen LogP contribution in [-0.2, 0) is 16.4 Å². The normalized spacial score (nSPS) is 11.3. The Morgan fingerprint density at radius 1 is 1.38 bits per heavy atom. The van der Waals surface area contributed by atoms with Gasteiger partial charge in [-0.1, -0.05) is 24.3 Å². The van der Waals surface area contributed by atoms with Gasteiger partial charge in [-0.05, 0) is 18.9 Å². The SMILES string of the molecule is CCc1nnc(NS(=O)(=O)c2cc([N+](=O)[O-])ccc2C)s1. The molecule has 21 heavy (non-hydrogen) atoms. The summed E-state index contributed by atoms with van der Waals surface area (Å²) in [5.41, 5.74) is 0.126. The number of aryl methyl sites for hydroxylation is 2. The van der Waals surface area contributed by atoms with Gasteiger partial charge in [-0.2, -0.15) is 0 Å². The van der Waals surface area contributed by atoms with Gasteiger partial charge in [0.25, 0.3) is 15.7 Å². The fourth-order valence-corrected chi connectivity index (χ4v) is 3.77. The molecule has 112 valence electrons. The van der Waals surface area contributed by atoms with Crippen molar-refractivity contribution in [3.63, 3.8) is 0 Å². The van der Waals surface area contributed by atoms with E-state index in [2.05, 4.69) is 14.9 Å². The predicted molar refractivity (Wildman–Crippen MR) is 77.9 cm³/mol. The molecule has 0 aliphatic rings. The van der Waals surface area contributed by atoms with Gasteiger partial charge in [-0.15, -0.1) is 10.2 Å². The van der Waals surface area contributed by atoms with Gasteiger partial charge >= 0.3 is 0 Å². The zero-order valence-corrected chi connectivity index (χ0v) is 12.9. The van der Waals surface area contributed by atoms with Crippen LogP contribution in [0, 0.1) is 17.0 Å². The van der Waals surface area contributed by atoms with Crippen LogP contribution < -0.4 is 4.72 Å². The standard InChI is InChI=1S/C11H12N4O4S2/c1-3-10-12-13-11(20-10)14-21(18,19)9-6-8(15(16)17)5-4-7(9)2/h4-6H,3H2,1-2H3,(H,13,14). The maximum absolute atomic E-state index is 12.3. The lowest BCUT2D eigenvalue weighted by Crippen LogP contribution is -2.14. The van der Waals surface area contributed by atoms with Crippen LogP contribution in [0.1, 0.15) is 17.5 Å². The van der Waals surface area contributed by atoms with E-state index in [-0.39, 0.29) is 15.7 Å². The van der Waals surface area contributed by atoms with E-state index in [1.165, 1.54) is 12.1 Å². The van der Waals surface area contributed by atoms with Crippen molar-refractivity contribution in [2.75, 3.05) is 4.72 Å². The van der Waals surface area contributed by atoms with Gasteiger partial charge in [0.2, 0.25) is 5.13 Å². The van der Waals surface area contributed by atoms with Gasteiger partial charge in [-0.25, -0.2) is 8.42 Å². The van der Waals surface area contributed by atoms with Crippen molar-refractivity contribution in [1.82, 2.24) is 10.2 Å². The zero-order chi connectivity index (χ0) is 15.6. The average Bonchev–Trinajstić information content (AvgIpc) is 2.85. The van der Waals surface area contributed by atoms with Gasteiger partial charge in [-0.3, -0.25) is 14.8 Å². The number of hydrogen-bond donors (Lipinski definition) is 1. The minimum absolute atomic E-state index is 0.137. The quantitative estimate of drug-likeness (QED) is 0.664. The minimum atomic E-state index is -3.94. The second kappa shape index (κ2) is 5.74. The molecule has 0 spiro atoms. The van der Waals surface area contributed by atoms with Crippen molar-refractivity contribution in [2.24, 2.45) is 0 Å². The summed E-state index contributed by atoms with van der Waals surface area (Å²) < 4.78 is 26.9. The van der Waals surface area contributed by atoms with E-state index in [1.807, 2.05) is 6.92 Å². The van der Waals surface area contributed by atoms with Crippen molar-refractivity contribution in [2.45, 2.75) is 25.2 Å². The molecule has 0 atom stereocenters. The van der Waals surface area contributed by atoms with E-state index in [1.54, 1.807) is 6.92 Å². The molecule has 1 aromatic heterocycles. The average molecular weight is 328 g/mol. The Balaban J connectivity index is 2.39. The lowest BCUT2D eigenvalue weighted by Gasteiger charge is -2.07. The number of non-ortho nitro benzene ring substituents is 1. The molecule has 1 aromatic carbocycles. The number of aromatic nitrogens is 2. The van der Waals surface area contributed by atoms with E-state index in [4.69, 9.17) is 0 Å². The van der Waals surface area contributed by atoms with Crippen molar-refractivity contribution in [3.05, 3.63) is 38.9 Å². The first-order valence-corrected chi connectivity index (χ1v) is 8.23. The summed E-state index contributed by atoms with van der Waals surface area (Å²) in [4.78, 5) is 9.97. The van der Waals surface area contributed by atoms with Crippen LogP contribution in [0.25, 0.3) is 0 Å². The van der Waals surface area contributed by atoms with Gasteiger partial charge < -0.3 is 0 Å². The highest BCUT2D eigenvalue weighted by Crippen LogP contribution is 2.25. The number of nitro benzene ring substituents is 1. The summed E-state index contributed by atoms with van der Waals surface area (Å²) in [5.74, 6) is 0. The van der Waals surface area contributed by atoms with Crippen molar-refractivity contribution in [3.8, 4) is 0 Å². The third-order valence-electron chi connectivity index (χ3n) is 2.66. The van der Waals surface area contributed by atoms with Crippen LogP contribution in [0.2, 0.25) is 0 Å². The van der Waals surface area contributed by atoms with E-state index in [9.17, 15) is 18.5 Å². The van der Waals surface area contributed by atoms with Crippen LogP contribution in [0.5, 0.6) is 0 Å². The summed E-state index contributed by atoms with van der Waals surface area (Å²) >= 11 is 1.12. The fourth-order valence-electron chi connectivity index (χ4n) is 1.60. The van der Waals surface area contributed by atoms with Crippen LogP contribution in [0.4, 0.5) is 10.8 Å². The molecule has 8 nitrogen and oxygen atoms in total. The summed E-state index contributed by atoms with van der Waals surface area (Å²) in [6.45, 7) is 3.44. The molecule has 0 saturated heterocycles. The number of nitrogens with one attached hydrogen (secondary N) is 1. The second-order valence-corrected chi connectivity index (χ2v) is 6.88. The summed E-state index contributed by atoms with van der Waals surface area (Å²) in [5, 5.41) is 19.1. The molecule has 0 radical (unpaired) electrons. The Morgan fingerprint density at radius 3 is 2.67 bits per heavy atom. The Morgan fingerprint density at radius 2 is 2.10 bits per heavy atom. The zero-order valence-electron chi connectivity index (χ0n) is 11.2. The molecular weight excluding hydrogens is 316 g/mol. The van der Waals surface area contributed by atoms with Gasteiger partial charge in [0.1, 0.15) is 5.01 Å². The molecule has 2 aromatic rings. The highest BCUT2D eigenvalue weighted by Gasteiger charge is 2.22. The number of nitrogens with zero attached hydrogens (tertiary/aromatic N) is 3. The van der Waals surface area contributed by atoms with Gasteiger partial charge in [0, 0.05) is 12.1 Å². The fraction of sp³-hybridized carbons (Fsp3) is 0.273. The predicted octanol–water partition coefficient (Wildman–Crippen LogP) is 2.12. The maximum atomic E-state index is 12.3. The van der Waals surface area contributed by atoms with Gasteiger partial charge in [0.05, 0.1) is 9.82 Å². The molecule has 0 aliphatic heterocycles. The molecule has 1 heterocycles. The highest BCUT2D eigenvalue weighted by atomic mass is 32.2. The van der Waals surface area contributed by atoms with E-state index in [0.717, 1.165) is 17.4 Å². The van der Waals surface area contributed by atoms with Crippen molar-refractivity contribution < 1.29 is 13.3 Å². The monoisotopic (exact) mass is 328 g/mol. The van der Waals surface area contributed by atoms with Crippen molar-refractivity contribution >= 4 is 32.2 Å². The summed E-state index contributed by atoms with van der Waals surface area (Å²) in [6.07, 6.45) is 0.648. The van der Waals surface area contributed by atoms with Crippen LogP contribution in [0.15, 0.2) is 23.1 Å². The van der Waals surface area contributed by atoms with Crippen LogP contribution in [-0.4, -0.2) is 23.5 Å². The summed E-state index contributed by atoms with van der Waals surface area (Å²) in [7, 11) is -3.94. The molecule has 1 N–H and O–H groups in total. The Bertz CT molecular complexity index is 785.